The van der Waals surface area contributed by atoms with Crippen molar-refractivity contribution < 1.29 is 14.0 Å². The molecule has 0 fully saturated rings. The van der Waals surface area contributed by atoms with Crippen LogP contribution in [0.2, 0.25) is 0 Å². The van der Waals surface area contributed by atoms with Crippen molar-refractivity contribution in [3.63, 3.8) is 0 Å². The third-order valence-electron chi connectivity index (χ3n) is 4.83. The minimum atomic E-state index is -0.486. The first kappa shape index (κ1) is 23.0. The Morgan fingerprint density at radius 3 is 2.38 bits per heavy atom. The predicted molar refractivity (Wildman–Crippen MR) is 124 cm³/mol. The summed E-state index contributed by atoms with van der Waals surface area (Å²) in [6.45, 7) is 8.05. The lowest BCUT2D eigenvalue weighted by Crippen LogP contribution is -2.40. The second-order valence-electron chi connectivity index (χ2n) is 8.42. The van der Waals surface area contributed by atoms with Crippen molar-refractivity contribution in [1.29, 1.82) is 0 Å². The molecule has 32 heavy (non-hydrogen) atoms. The maximum absolute atomic E-state index is 13.4. The van der Waals surface area contributed by atoms with Crippen LogP contribution < -0.4 is 10.6 Å². The van der Waals surface area contributed by atoms with Crippen molar-refractivity contribution in [1.82, 2.24) is 14.7 Å². The Balaban J connectivity index is 1.75. The summed E-state index contributed by atoms with van der Waals surface area (Å²) in [6.07, 6.45) is 0. The lowest BCUT2D eigenvalue weighted by Gasteiger charge is -2.21. The largest absolute Gasteiger partial charge is 0.322 e. The Morgan fingerprint density at radius 1 is 1.03 bits per heavy atom. The molecule has 168 valence electrons. The summed E-state index contributed by atoms with van der Waals surface area (Å²) in [5.41, 5.74) is 1.76. The number of aromatic nitrogens is 2. The SMILES string of the molecule is CCN(CC(=O)Nc1cc(C(C)(C)C)nn1-c1ccccc1)C(=O)Nc1cccc(F)c1. The third-order valence-corrected chi connectivity index (χ3v) is 4.83. The number of halogens is 1. The van der Waals surface area contributed by atoms with Gasteiger partial charge in [-0.05, 0) is 37.3 Å². The Morgan fingerprint density at radius 2 is 1.75 bits per heavy atom. The standard InChI is InChI=1S/C24H28FN5O2/c1-5-29(23(32)26-18-11-9-10-17(25)14-18)16-22(31)27-21-15-20(24(2,3)4)28-30(21)19-12-7-6-8-13-19/h6-15H,5,16H2,1-4H3,(H,26,32)(H,27,31). The van der Waals surface area contributed by atoms with E-state index < -0.39 is 11.8 Å². The second-order valence-corrected chi connectivity index (χ2v) is 8.42. The predicted octanol–water partition coefficient (Wildman–Crippen LogP) is 4.80. The van der Waals surface area contributed by atoms with Crippen molar-refractivity contribution in [2.75, 3.05) is 23.7 Å². The van der Waals surface area contributed by atoms with Crippen LogP contribution in [-0.2, 0) is 10.2 Å². The summed E-state index contributed by atoms with van der Waals surface area (Å²) < 4.78 is 15.1. The molecule has 7 nitrogen and oxygen atoms in total. The first-order chi connectivity index (χ1) is 15.2. The molecule has 0 aliphatic rings. The quantitative estimate of drug-likeness (QED) is 0.581. The fourth-order valence-electron chi connectivity index (χ4n) is 3.05. The fraction of sp³-hybridized carbons (Fsp3) is 0.292. The van der Waals surface area contributed by atoms with Crippen molar-refractivity contribution in [3.8, 4) is 5.69 Å². The zero-order valence-electron chi connectivity index (χ0n) is 18.7. The number of nitrogens with zero attached hydrogens (tertiary/aromatic N) is 3. The number of likely N-dealkylation sites (N-methyl/N-ethyl adjacent to an activating group) is 1. The normalized spacial score (nSPS) is 11.2. The number of rotatable bonds is 6. The zero-order chi connectivity index (χ0) is 23.3. The Hall–Kier alpha value is -3.68. The number of amides is 3. The van der Waals surface area contributed by atoms with Crippen molar-refractivity contribution in [2.45, 2.75) is 33.1 Å². The Kier molecular flexibility index (Phi) is 6.92. The average molecular weight is 438 g/mol. The zero-order valence-corrected chi connectivity index (χ0v) is 18.7. The number of hydrogen-bond donors (Lipinski definition) is 2. The van der Waals surface area contributed by atoms with Crippen LogP contribution in [0.25, 0.3) is 5.69 Å². The van der Waals surface area contributed by atoms with Gasteiger partial charge in [-0.3, -0.25) is 4.79 Å². The lowest BCUT2D eigenvalue weighted by molar-refractivity contribution is -0.116. The van der Waals surface area contributed by atoms with E-state index in [4.69, 9.17) is 0 Å². The Bertz CT molecular complexity index is 1090. The van der Waals surface area contributed by atoms with Crippen LogP contribution in [0.4, 0.5) is 20.7 Å². The van der Waals surface area contributed by atoms with E-state index in [0.717, 1.165) is 11.4 Å². The number of anilines is 2. The molecule has 8 heteroatoms. The number of carbonyl (C=O) groups is 2. The van der Waals surface area contributed by atoms with E-state index >= 15 is 0 Å². The van der Waals surface area contributed by atoms with Crippen molar-refractivity contribution in [3.05, 3.63) is 72.2 Å². The molecule has 2 aromatic carbocycles. The van der Waals surface area contributed by atoms with Gasteiger partial charge in [0.2, 0.25) is 5.91 Å². The van der Waals surface area contributed by atoms with E-state index in [1.54, 1.807) is 17.7 Å². The first-order valence-corrected chi connectivity index (χ1v) is 10.4. The molecule has 0 bridgehead atoms. The maximum atomic E-state index is 13.4. The minimum absolute atomic E-state index is 0.164. The number of nitrogens with one attached hydrogen (secondary N) is 2. The van der Waals surface area contributed by atoms with Crippen LogP contribution in [0.3, 0.4) is 0 Å². The van der Waals surface area contributed by atoms with E-state index in [1.807, 2.05) is 57.2 Å². The van der Waals surface area contributed by atoms with Gasteiger partial charge in [0.25, 0.3) is 0 Å². The van der Waals surface area contributed by atoms with Gasteiger partial charge in [-0.25, -0.2) is 13.9 Å². The van der Waals surface area contributed by atoms with Crippen molar-refractivity contribution >= 4 is 23.4 Å². The molecule has 3 aromatic rings. The molecular weight excluding hydrogens is 409 g/mol. The van der Waals surface area contributed by atoms with Gasteiger partial charge < -0.3 is 15.5 Å². The molecule has 0 spiro atoms. The van der Waals surface area contributed by atoms with Gasteiger partial charge in [-0.1, -0.05) is 45.0 Å². The molecular formula is C24H28FN5O2. The smallest absolute Gasteiger partial charge is 0.315 e. The third kappa shape index (κ3) is 5.72. The molecule has 3 rings (SSSR count). The summed E-state index contributed by atoms with van der Waals surface area (Å²) in [6, 6.07) is 16.5. The molecule has 0 saturated carbocycles. The van der Waals surface area contributed by atoms with Gasteiger partial charge in [0.05, 0.1) is 11.4 Å². The molecule has 2 N–H and O–H groups in total. The van der Waals surface area contributed by atoms with Gasteiger partial charge >= 0.3 is 6.03 Å². The highest BCUT2D eigenvalue weighted by atomic mass is 19.1. The molecule has 0 unspecified atom stereocenters. The minimum Gasteiger partial charge on any atom is -0.315 e. The van der Waals surface area contributed by atoms with Crippen LogP contribution in [-0.4, -0.2) is 39.7 Å². The second kappa shape index (κ2) is 9.64. The number of para-hydroxylation sites is 1. The van der Waals surface area contributed by atoms with E-state index in [9.17, 15) is 14.0 Å². The summed E-state index contributed by atoms with van der Waals surface area (Å²) >= 11 is 0. The number of hydrogen-bond acceptors (Lipinski definition) is 3. The van der Waals surface area contributed by atoms with E-state index in [1.165, 1.54) is 23.1 Å². The average Bonchev–Trinajstić information content (AvgIpc) is 3.17. The molecule has 0 radical (unpaired) electrons. The van der Waals surface area contributed by atoms with E-state index in [-0.39, 0.29) is 17.9 Å². The fourth-order valence-corrected chi connectivity index (χ4v) is 3.05. The van der Waals surface area contributed by atoms with Crippen LogP contribution >= 0.6 is 0 Å². The lowest BCUT2D eigenvalue weighted by atomic mass is 9.92. The summed E-state index contributed by atoms with van der Waals surface area (Å²) in [5, 5.41) is 10.2. The number of urea groups is 1. The highest BCUT2D eigenvalue weighted by molar-refractivity contribution is 5.96. The number of benzene rings is 2. The summed E-state index contributed by atoms with van der Waals surface area (Å²) in [5.74, 6) is -0.293. The van der Waals surface area contributed by atoms with Gasteiger partial charge in [0.15, 0.2) is 0 Å². The molecule has 1 heterocycles. The van der Waals surface area contributed by atoms with E-state index in [2.05, 4.69) is 15.7 Å². The van der Waals surface area contributed by atoms with Gasteiger partial charge in [0.1, 0.15) is 18.2 Å². The topological polar surface area (TPSA) is 79.3 Å². The maximum Gasteiger partial charge on any atom is 0.322 e. The summed E-state index contributed by atoms with van der Waals surface area (Å²) in [7, 11) is 0. The van der Waals surface area contributed by atoms with Gasteiger partial charge in [0, 0.05) is 23.7 Å². The molecule has 3 amide bonds. The monoisotopic (exact) mass is 437 g/mol. The molecule has 0 saturated heterocycles. The van der Waals surface area contributed by atoms with Crippen LogP contribution in [0, 0.1) is 5.82 Å². The molecule has 0 aliphatic heterocycles. The van der Waals surface area contributed by atoms with Crippen LogP contribution in [0.15, 0.2) is 60.7 Å². The Labute approximate surface area is 187 Å². The molecule has 0 aliphatic carbocycles. The van der Waals surface area contributed by atoms with Crippen LogP contribution in [0.5, 0.6) is 0 Å². The number of carbonyl (C=O) groups excluding carboxylic acids is 2. The summed E-state index contributed by atoms with van der Waals surface area (Å²) in [4.78, 5) is 26.7. The molecule has 0 atom stereocenters. The van der Waals surface area contributed by atoms with Gasteiger partial charge in [-0.2, -0.15) is 5.10 Å². The van der Waals surface area contributed by atoms with Gasteiger partial charge in [-0.15, -0.1) is 0 Å². The van der Waals surface area contributed by atoms with Crippen molar-refractivity contribution in [2.24, 2.45) is 0 Å². The molecule has 1 aromatic heterocycles. The first-order valence-electron chi connectivity index (χ1n) is 10.4. The van der Waals surface area contributed by atoms with Crippen LogP contribution in [0.1, 0.15) is 33.4 Å². The van der Waals surface area contributed by atoms with E-state index in [0.29, 0.717) is 18.1 Å². The highest BCUT2D eigenvalue weighted by Crippen LogP contribution is 2.26. The highest BCUT2D eigenvalue weighted by Gasteiger charge is 2.22.